The Bertz CT molecular complexity index is 1130. The highest BCUT2D eigenvalue weighted by atomic mass is 16.2. The molecule has 0 saturated heterocycles. The van der Waals surface area contributed by atoms with E-state index in [0.717, 1.165) is 27.7 Å². The fourth-order valence-electron chi connectivity index (χ4n) is 4.24. The van der Waals surface area contributed by atoms with Gasteiger partial charge in [-0.1, -0.05) is 78.9 Å². The first-order valence-electron chi connectivity index (χ1n) is 10.9. The number of hydrogen-bond acceptors (Lipinski definition) is 2. The molecule has 162 valence electrons. The van der Waals surface area contributed by atoms with Gasteiger partial charge in [-0.25, -0.2) is 4.68 Å². The molecule has 0 aliphatic heterocycles. The van der Waals surface area contributed by atoms with Gasteiger partial charge in [0.05, 0.1) is 29.8 Å². The number of aryl methyl sites for hydroxylation is 1. The summed E-state index contributed by atoms with van der Waals surface area (Å²) in [6, 6.07) is 30.7. The van der Waals surface area contributed by atoms with E-state index in [9.17, 15) is 4.79 Å². The largest absolute Gasteiger partial charge is 0.320 e. The van der Waals surface area contributed by atoms with Crippen molar-refractivity contribution in [2.75, 3.05) is 18.9 Å². The molecule has 0 saturated carbocycles. The molecule has 2 N–H and O–H groups in total. The van der Waals surface area contributed by atoms with Gasteiger partial charge < -0.3 is 10.2 Å². The van der Waals surface area contributed by atoms with Gasteiger partial charge in [-0.05, 0) is 26.0 Å². The van der Waals surface area contributed by atoms with Gasteiger partial charge in [0.25, 0.3) is 5.91 Å². The standard InChI is InChI=1S/C27H28N4O/c1-20-26(21(2)31(29-20)24-17-11-6-12-18-24)28-25(32)19-30(3)27(22-13-7-4-8-14-22)23-15-9-5-10-16-23/h4-18,27H,19H2,1-3H3,(H,28,32)/p+1. The van der Waals surface area contributed by atoms with Crippen molar-refractivity contribution in [3.8, 4) is 5.69 Å². The van der Waals surface area contributed by atoms with E-state index in [0.29, 0.717) is 6.54 Å². The normalized spacial score (nSPS) is 12.0. The van der Waals surface area contributed by atoms with Crippen molar-refractivity contribution in [2.45, 2.75) is 19.9 Å². The predicted molar refractivity (Wildman–Crippen MR) is 128 cm³/mol. The van der Waals surface area contributed by atoms with Gasteiger partial charge >= 0.3 is 0 Å². The van der Waals surface area contributed by atoms with Gasteiger partial charge in [-0.3, -0.25) is 4.79 Å². The Morgan fingerprint density at radius 2 is 1.38 bits per heavy atom. The average molecular weight is 426 g/mol. The second-order valence-corrected chi connectivity index (χ2v) is 8.12. The molecule has 1 unspecified atom stereocenters. The number of amides is 1. The first-order chi connectivity index (χ1) is 15.5. The lowest BCUT2D eigenvalue weighted by molar-refractivity contribution is -0.897. The van der Waals surface area contributed by atoms with E-state index in [4.69, 9.17) is 0 Å². The van der Waals surface area contributed by atoms with Crippen LogP contribution in [0.2, 0.25) is 0 Å². The van der Waals surface area contributed by atoms with Crippen LogP contribution in [0.5, 0.6) is 0 Å². The lowest BCUT2D eigenvalue weighted by atomic mass is 9.97. The third-order valence-corrected chi connectivity index (χ3v) is 5.75. The topological polar surface area (TPSA) is 51.4 Å². The van der Waals surface area contributed by atoms with Gasteiger partial charge in [-0.2, -0.15) is 5.10 Å². The smallest absolute Gasteiger partial charge is 0.279 e. The monoisotopic (exact) mass is 425 g/mol. The number of quaternary nitrogens is 1. The molecule has 3 aromatic carbocycles. The molecule has 0 aliphatic rings. The van der Waals surface area contributed by atoms with Crippen LogP contribution < -0.4 is 10.2 Å². The lowest BCUT2D eigenvalue weighted by Crippen LogP contribution is -3.10. The van der Waals surface area contributed by atoms with Gasteiger partial charge in [0.2, 0.25) is 0 Å². The highest BCUT2D eigenvalue weighted by Gasteiger charge is 2.26. The second-order valence-electron chi connectivity index (χ2n) is 8.12. The Balaban J connectivity index is 1.54. The van der Waals surface area contributed by atoms with Crippen LogP contribution in [0.1, 0.15) is 28.6 Å². The number of nitrogens with one attached hydrogen (secondary N) is 2. The maximum absolute atomic E-state index is 13.1. The number of likely N-dealkylation sites (N-methyl/N-ethyl adjacent to an activating group) is 1. The summed E-state index contributed by atoms with van der Waals surface area (Å²) >= 11 is 0. The zero-order chi connectivity index (χ0) is 22.5. The second kappa shape index (κ2) is 9.62. The number of aromatic nitrogens is 2. The maximum atomic E-state index is 13.1. The number of nitrogens with zero attached hydrogens (tertiary/aromatic N) is 2. The summed E-state index contributed by atoms with van der Waals surface area (Å²) in [6.45, 7) is 4.25. The Morgan fingerprint density at radius 1 is 0.875 bits per heavy atom. The molecule has 0 bridgehead atoms. The maximum Gasteiger partial charge on any atom is 0.279 e. The van der Waals surface area contributed by atoms with E-state index in [1.807, 2.05) is 85.3 Å². The van der Waals surface area contributed by atoms with Crippen molar-refractivity contribution in [2.24, 2.45) is 0 Å². The molecule has 0 radical (unpaired) electrons. The lowest BCUT2D eigenvalue weighted by Gasteiger charge is -2.25. The number of para-hydroxylation sites is 1. The SMILES string of the molecule is Cc1nn(-c2ccccc2)c(C)c1NC(=O)C[NH+](C)C(c1ccccc1)c1ccccc1. The number of carbonyl (C=O) groups is 1. The van der Waals surface area contributed by atoms with Gasteiger partial charge in [0.1, 0.15) is 6.04 Å². The van der Waals surface area contributed by atoms with E-state index >= 15 is 0 Å². The third kappa shape index (κ3) is 4.63. The Morgan fingerprint density at radius 3 is 1.91 bits per heavy atom. The number of hydrogen-bond donors (Lipinski definition) is 2. The fraction of sp³-hybridized carbons (Fsp3) is 0.185. The predicted octanol–water partition coefficient (Wildman–Crippen LogP) is 3.73. The van der Waals surface area contributed by atoms with Crippen molar-refractivity contribution in [3.63, 3.8) is 0 Å². The van der Waals surface area contributed by atoms with Crippen LogP contribution in [-0.2, 0) is 4.79 Å². The summed E-state index contributed by atoms with van der Waals surface area (Å²) < 4.78 is 1.87. The molecule has 4 aromatic rings. The minimum atomic E-state index is -0.0295. The molecular formula is C27H29N4O+. The van der Waals surface area contributed by atoms with Crippen LogP contribution in [0.3, 0.4) is 0 Å². The highest BCUT2D eigenvalue weighted by Crippen LogP contribution is 2.23. The Labute approximate surface area is 189 Å². The number of rotatable bonds is 7. The zero-order valence-electron chi connectivity index (χ0n) is 18.7. The molecule has 0 fully saturated rings. The van der Waals surface area contributed by atoms with E-state index in [1.165, 1.54) is 11.1 Å². The van der Waals surface area contributed by atoms with E-state index in [-0.39, 0.29) is 11.9 Å². The number of anilines is 1. The minimum absolute atomic E-state index is 0.0295. The van der Waals surface area contributed by atoms with Crippen molar-refractivity contribution < 1.29 is 9.69 Å². The Kier molecular flexibility index (Phi) is 6.47. The third-order valence-electron chi connectivity index (χ3n) is 5.75. The first kappa shape index (κ1) is 21.5. The van der Waals surface area contributed by atoms with Crippen molar-refractivity contribution in [1.82, 2.24) is 9.78 Å². The first-order valence-corrected chi connectivity index (χ1v) is 10.9. The summed E-state index contributed by atoms with van der Waals surface area (Å²) in [6.07, 6.45) is 0. The van der Waals surface area contributed by atoms with Crippen molar-refractivity contribution in [3.05, 3.63) is 114 Å². The summed E-state index contributed by atoms with van der Waals surface area (Å²) in [4.78, 5) is 14.2. The van der Waals surface area contributed by atoms with E-state index in [2.05, 4.69) is 41.7 Å². The van der Waals surface area contributed by atoms with Crippen LogP contribution in [0.25, 0.3) is 5.69 Å². The number of carbonyl (C=O) groups excluding carboxylic acids is 1. The summed E-state index contributed by atoms with van der Waals surface area (Å²) in [7, 11) is 2.07. The molecule has 32 heavy (non-hydrogen) atoms. The molecule has 1 heterocycles. The summed E-state index contributed by atoms with van der Waals surface area (Å²) in [5.74, 6) is -0.0295. The molecule has 1 aromatic heterocycles. The minimum Gasteiger partial charge on any atom is -0.320 e. The molecular weight excluding hydrogens is 396 g/mol. The van der Waals surface area contributed by atoms with Crippen molar-refractivity contribution in [1.29, 1.82) is 0 Å². The van der Waals surface area contributed by atoms with E-state index < -0.39 is 0 Å². The molecule has 0 spiro atoms. The van der Waals surface area contributed by atoms with Crippen LogP contribution in [0, 0.1) is 13.8 Å². The van der Waals surface area contributed by atoms with Crippen LogP contribution in [-0.4, -0.2) is 29.3 Å². The van der Waals surface area contributed by atoms with E-state index in [1.54, 1.807) is 0 Å². The highest BCUT2D eigenvalue weighted by molar-refractivity contribution is 5.92. The Hall–Kier alpha value is -3.70. The van der Waals surface area contributed by atoms with Gasteiger partial charge in [-0.15, -0.1) is 0 Å². The van der Waals surface area contributed by atoms with Crippen LogP contribution >= 0.6 is 0 Å². The quantitative estimate of drug-likeness (QED) is 0.474. The van der Waals surface area contributed by atoms with Crippen molar-refractivity contribution >= 4 is 11.6 Å². The molecule has 0 aliphatic carbocycles. The van der Waals surface area contributed by atoms with Gasteiger partial charge in [0.15, 0.2) is 6.54 Å². The average Bonchev–Trinajstić information content (AvgIpc) is 3.09. The van der Waals surface area contributed by atoms with Crippen LogP contribution in [0.4, 0.5) is 5.69 Å². The molecule has 1 atom stereocenters. The summed E-state index contributed by atoms with van der Waals surface area (Å²) in [5, 5.41) is 7.75. The molecule has 5 nitrogen and oxygen atoms in total. The zero-order valence-corrected chi connectivity index (χ0v) is 18.7. The number of benzene rings is 3. The van der Waals surface area contributed by atoms with Gasteiger partial charge in [0, 0.05) is 11.1 Å². The molecule has 4 rings (SSSR count). The fourth-order valence-corrected chi connectivity index (χ4v) is 4.24. The van der Waals surface area contributed by atoms with Crippen LogP contribution in [0.15, 0.2) is 91.0 Å². The molecule has 5 heteroatoms. The summed E-state index contributed by atoms with van der Waals surface area (Å²) in [5.41, 5.74) is 5.86. The molecule has 1 amide bonds.